The van der Waals surface area contributed by atoms with Gasteiger partial charge in [-0.1, -0.05) is 32.4 Å². The Kier molecular flexibility index (Phi) is 3.68. The number of methoxy groups -OCH3 is 1. The Labute approximate surface area is 107 Å². The van der Waals surface area contributed by atoms with E-state index in [1.54, 1.807) is 5.57 Å². The van der Waals surface area contributed by atoms with E-state index >= 15 is 0 Å². The lowest BCUT2D eigenvalue weighted by Crippen LogP contribution is -2.25. The quantitative estimate of drug-likeness (QED) is 0.612. The molecular weight excluding hydrogens is 208 g/mol. The molecule has 0 aromatic heterocycles. The zero-order valence-electron chi connectivity index (χ0n) is 12.1. The van der Waals surface area contributed by atoms with Crippen molar-refractivity contribution in [1.29, 1.82) is 0 Å². The van der Waals surface area contributed by atoms with E-state index in [4.69, 9.17) is 4.74 Å². The zero-order valence-corrected chi connectivity index (χ0v) is 12.1. The van der Waals surface area contributed by atoms with Crippen molar-refractivity contribution in [3.63, 3.8) is 0 Å². The smallest absolute Gasteiger partial charge is 0.0633 e. The molecule has 0 unspecified atom stereocenters. The fourth-order valence-electron chi connectivity index (χ4n) is 3.97. The Balaban J connectivity index is 2.15. The first-order valence-corrected chi connectivity index (χ1v) is 7.17. The van der Waals surface area contributed by atoms with Crippen molar-refractivity contribution in [1.82, 2.24) is 0 Å². The third kappa shape index (κ3) is 2.45. The van der Waals surface area contributed by atoms with Gasteiger partial charge >= 0.3 is 0 Å². The van der Waals surface area contributed by atoms with Crippen molar-refractivity contribution in [2.75, 3.05) is 7.11 Å². The minimum absolute atomic E-state index is 0.474. The first-order chi connectivity index (χ1) is 7.98. The van der Waals surface area contributed by atoms with E-state index in [0.717, 1.165) is 11.8 Å². The van der Waals surface area contributed by atoms with Crippen LogP contribution in [0.2, 0.25) is 0 Å². The third-order valence-electron chi connectivity index (χ3n) is 5.29. The SMILES string of the molecule is CO[C@@H]1[C@H]2[C@@H](CC/C(C)=C/CC[C@@H]1C)C2(C)C. The highest BCUT2D eigenvalue weighted by Gasteiger charge is 2.61. The maximum Gasteiger partial charge on any atom is 0.0633 e. The van der Waals surface area contributed by atoms with Crippen LogP contribution in [0.4, 0.5) is 0 Å². The van der Waals surface area contributed by atoms with E-state index in [1.807, 2.05) is 7.11 Å². The molecule has 0 bridgehead atoms. The van der Waals surface area contributed by atoms with Crippen molar-refractivity contribution >= 4 is 0 Å². The van der Waals surface area contributed by atoms with Crippen molar-refractivity contribution in [3.8, 4) is 0 Å². The predicted molar refractivity (Wildman–Crippen MR) is 72.9 cm³/mol. The van der Waals surface area contributed by atoms with Crippen LogP contribution < -0.4 is 0 Å². The minimum Gasteiger partial charge on any atom is -0.381 e. The molecule has 98 valence electrons. The van der Waals surface area contributed by atoms with Crippen molar-refractivity contribution in [3.05, 3.63) is 11.6 Å². The summed E-state index contributed by atoms with van der Waals surface area (Å²) in [5, 5.41) is 0. The summed E-state index contributed by atoms with van der Waals surface area (Å²) >= 11 is 0. The van der Waals surface area contributed by atoms with E-state index in [-0.39, 0.29) is 0 Å². The molecule has 0 N–H and O–H groups in total. The summed E-state index contributed by atoms with van der Waals surface area (Å²) in [6, 6.07) is 0. The van der Waals surface area contributed by atoms with Gasteiger partial charge in [-0.05, 0) is 55.8 Å². The topological polar surface area (TPSA) is 9.23 Å². The molecule has 0 saturated heterocycles. The number of ether oxygens (including phenoxy) is 1. The summed E-state index contributed by atoms with van der Waals surface area (Å²) < 4.78 is 5.83. The molecule has 1 nitrogen and oxygen atoms in total. The second kappa shape index (κ2) is 4.76. The summed E-state index contributed by atoms with van der Waals surface area (Å²) in [4.78, 5) is 0. The Hall–Kier alpha value is -0.300. The number of fused-ring (bicyclic) bond motifs is 1. The first kappa shape index (κ1) is 13.1. The van der Waals surface area contributed by atoms with Gasteiger partial charge in [-0.25, -0.2) is 0 Å². The highest BCUT2D eigenvalue weighted by Crippen LogP contribution is 2.63. The van der Waals surface area contributed by atoms with Crippen LogP contribution in [0, 0.1) is 23.2 Å². The molecule has 2 aliphatic carbocycles. The Morgan fingerprint density at radius 1 is 1.29 bits per heavy atom. The molecule has 0 radical (unpaired) electrons. The van der Waals surface area contributed by atoms with Crippen LogP contribution in [0.5, 0.6) is 0 Å². The van der Waals surface area contributed by atoms with E-state index in [9.17, 15) is 0 Å². The molecule has 1 saturated carbocycles. The lowest BCUT2D eigenvalue weighted by molar-refractivity contribution is 0.0266. The van der Waals surface area contributed by atoms with Crippen LogP contribution in [0.3, 0.4) is 0 Å². The second-order valence-corrected chi connectivity index (χ2v) is 6.80. The van der Waals surface area contributed by atoms with Crippen molar-refractivity contribution in [2.45, 2.75) is 59.5 Å². The molecule has 1 heteroatoms. The van der Waals surface area contributed by atoms with Crippen LogP contribution in [0.25, 0.3) is 0 Å². The molecule has 2 rings (SSSR count). The Morgan fingerprint density at radius 2 is 2.00 bits per heavy atom. The monoisotopic (exact) mass is 236 g/mol. The van der Waals surface area contributed by atoms with Gasteiger partial charge < -0.3 is 4.74 Å². The number of hydrogen-bond donors (Lipinski definition) is 0. The Morgan fingerprint density at radius 3 is 2.65 bits per heavy atom. The highest BCUT2D eigenvalue weighted by molar-refractivity contribution is 5.11. The summed E-state index contributed by atoms with van der Waals surface area (Å²) in [7, 11) is 1.90. The van der Waals surface area contributed by atoms with Gasteiger partial charge in [0.15, 0.2) is 0 Å². The van der Waals surface area contributed by atoms with Gasteiger partial charge in [0.05, 0.1) is 6.10 Å². The van der Waals surface area contributed by atoms with Gasteiger partial charge in [0.1, 0.15) is 0 Å². The normalized spacial score (nSPS) is 44.4. The molecule has 0 aliphatic heterocycles. The largest absolute Gasteiger partial charge is 0.381 e. The highest BCUT2D eigenvalue weighted by atomic mass is 16.5. The maximum atomic E-state index is 5.83. The number of rotatable bonds is 1. The fourth-order valence-corrected chi connectivity index (χ4v) is 3.97. The van der Waals surface area contributed by atoms with Gasteiger partial charge in [-0.2, -0.15) is 0 Å². The van der Waals surface area contributed by atoms with Crippen molar-refractivity contribution < 1.29 is 4.74 Å². The molecule has 2 aliphatic rings. The van der Waals surface area contributed by atoms with Gasteiger partial charge in [0.2, 0.25) is 0 Å². The summed E-state index contributed by atoms with van der Waals surface area (Å²) in [5.74, 6) is 2.35. The van der Waals surface area contributed by atoms with Gasteiger partial charge in [-0.3, -0.25) is 0 Å². The van der Waals surface area contributed by atoms with E-state index in [1.165, 1.54) is 25.7 Å². The summed E-state index contributed by atoms with van der Waals surface area (Å²) in [5.41, 5.74) is 2.09. The molecule has 4 atom stereocenters. The molecule has 1 fully saturated rings. The number of hydrogen-bond acceptors (Lipinski definition) is 1. The van der Waals surface area contributed by atoms with Gasteiger partial charge in [-0.15, -0.1) is 0 Å². The van der Waals surface area contributed by atoms with Gasteiger partial charge in [0.25, 0.3) is 0 Å². The average molecular weight is 236 g/mol. The minimum atomic E-state index is 0.474. The molecule has 0 aromatic carbocycles. The molecule has 0 heterocycles. The summed E-state index contributed by atoms with van der Waals surface area (Å²) in [6.45, 7) is 9.52. The van der Waals surface area contributed by atoms with Crippen LogP contribution in [-0.2, 0) is 4.74 Å². The van der Waals surface area contributed by atoms with Crippen LogP contribution >= 0.6 is 0 Å². The second-order valence-electron chi connectivity index (χ2n) is 6.80. The van der Waals surface area contributed by atoms with E-state index in [2.05, 4.69) is 33.8 Å². The third-order valence-corrected chi connectivity index (χ3v) is 5.29. The van der Waals surface area contributed by atoms with E-state index in [0.29, 0.717) is 17.4 Å². The maximum absolute atomic E-state index is 5.83. The fraction of sp³-hybridized carbons (Fsp3) is 0.875. The summed E-state index contributed by atoms with van der Waals surface area (Å²) in [6.07, 6.45) is 8.06. The van der Waals surface area contributed by atoms with Crippen LogP contribution in [0.15, 0.2) is 11.6 Å². The average Bonchev–Trinajstić information content (AvgIpc) is 2.79. The van der Waals surface area contributed by atoms with Crippen LogP contribution in [-0.4, -0.2) is 13.2 Å². The van der Waals surface area contributed by atoms with Gasteiger partial charge in [0, 0.05) is 7.11 Å². The van der Waals surface area contributed by atoms with Crippen LogP contribution in [0.1, 0.15) is 53.4 Å². The van der Waals surface area contributed by atoms with Crippen molar-refractivity contribution in [2.24, 2.45) is 23.2 Å². The molecule has 0 amide bonds. The Bertz CT molecular complexity index is 303. The standard InChI is InChI=1S/C16H28O/c1-11-7-6-8-12(2)15(17-5)14-13(10-9-11)16(14,3)4/h7,12-15H,6,8-10H2,1-5H3/b11-7+/t12-,13+,14+,15-/m0/s1. The molecular formula is C16H28O. The number of allylic oxidation sites excluding steroid dienone is 2. The van der Waals surface area contributed by atoms with E-state index < -0.39 is 0 Å². The molecule has 0 aromatic rings. The molecule has 17 heavy (non-hydrogen) atoms. The lowest BCUT2D eigenvalue weighted by atomic mass is 9.90. The predicted octanol–water partition coefficient (Wildman–Crippen LogP) is 4.43. The zero-order chi connectivity index (χ0) is 12.6. The first-order valence-electron chi connectivity index (χ1n) is 7.17. The lowest BCUT2D eigenvalue weighted by Gasteiger charge is -2.24. The molecule has 0 spiro atoms.